The van der Waals surface area contributed by atoms with Gasteiger partial charge in [-0.05, 0) is 13.0 Å². The summed E-state index contributed by atoms with van der Waals surface area (Å²) in [5.74, 6) is 0. The maximum atomic E-state index is 5.34. The van der Waals surface area contributed by atoms with Crippen LogP contribution in [0.5, 0.6) is 0 Å². The first-order valence-electron chi connectivity index (χ1n) is 3.09. The van der Waals surface area contributed by atoms with Gasteiger partial charge in [-0.15, -0.1) is 0 Å². The second-order valence-electron chi connectivity index (χ2n) is 1.93. The van der Waals surface area contributed by atoms with E-state index in [-0.39, 0.29) is 32.7 Å². The molecule has 0 bridgehead atoms. The van der Waals surface area contributed by atoms with Crippen LogP contribution in [0.4, 0.5) is 0 Å². The van der Waals surface area contributed by atoms with Crippen molar-refractivity contribution < 1.29 is 32.7 Å². The molecule has 51 valence electrons. The van der Waals surface area contributed by atoms with Gasteiger partial charge in [-0.3, -0.25) is 0 Å². The third kappa shape index (κ3) is 3.45. The average Bonchev–Trinajstić information content (AvgIpc) is 1.91. The summed E-state index contributed by atoms with van der Waals surface area (Å²) in [5, 5.41) is 0. The second-order valence-corrected chi connectivity index (χ2v) is 1.93. The van der Waals surface area contributed by atoms with Crippen LogP contribution in [0.3, 0.4) is 0 Å². The third-order valence-corrected chi connectivity index (χ3v) is 1.19. The van der Waals surface area contributed by atoms with Crippen molar-refractivity contribution in [1.29, 1.82) is 0 Å². The molecule has 0 spiro atoms. The summed E-state index contributed by atoms with van der Waals surface area (Å²) < 4.78 is 0. The summed E-state index contributed by atoms with van der Waals surface area (Å²) in [5.41, 5.74) is 6.53. The molecule has 2 N–H and O–H groups in total. The van der Waals surface area contributed by atoms with Crippen LogP contribution in [0.15, 0.2) is 24.3 Å². The number of hydrogen-bond acceptors (Lipinski definition) is 1. The molecule has 0 aromatic heterocycles. The van der Waals surface area contributed by atoms with Gasteiger partial charge < -0.3 is 5.73 Å². The molecule has 1 nitrogen and oxygen atoms in total. The molecule has 0 unspecified atom stereocenters. The Balaban J connectivity index is 0.000000810. The van der Waals surface area contributed by atoms with E-state index < -0.39 is 0 Å². The molecule has 0 amide bonds. The van der Waals surface area contributed by atoms with Gasteiger partial charge in [0.05, 0.1) is 0 Å². The Morgan fingerprint density at radius 1 is 1.40 bits per heavy atom. The summed E-state index contributed by atoms with van der Waals surface area (Å²) in [6.07, 6.45) is 0.931. The fourth-order valence-electron chi connectivity index (χ4n) is 0.742. The summed E-state index contributed by atoms with van der Waals surface area (Å²) in [7, 11) is 0. The molecule has 0 aliphatic heterocycles. The summed E-state index contributed by atoms with van der Waals surface area (Å²) in [4.78, 5) is 0. The van der Waals surface area contributed by atoms with E-state index >= 15 is 0 Å². The largest absolute Gasteiger partial charge is 0.330 e. The van der Waals surface area contributed by atoms with Crippen molar-refractivity contribution in [2.75, 3.05) is 6.54 Å². The van der Waals surface area contributed by atoms with Crippen LogP contribution in [-0.2, 0) is 39.1 Å². The monoisotopic (exact) mass is 209 g/mol. The van der Waals surface area contributed by atoms with E-state index in [1.165, 1.54) is 5.56 Å². The first-order chi connectivity index (χ1) is 4.43. The molecule has 0 saturated carbocycles. The van der Waals surface area contributed by atoms with Gasteiger partial charge in [0.15, 0.2) is 0 Å². The fourth-order valence-corrected chi connectivity index (χ4v) is 0.742. The Hall–Kier alpha value is 0.284. The number of hydrogen-bond donors (Lipinski definition) is 1. The van der Waals surface area contributed by atoms with Gasteiger partial charge in [-0.25, -0.2) is 0 Å². The minimum Gasteiger partial charge on any atom is -0.330 e. The van der Waals surface area contributed by atoms with E-state index in [2.05, 4.69) is 6.07 Å². The molecular weight excluding hydrogens is 199 g/mol. The Bertz CT molecular complexity index is 162. The van der Waals surface area contributed by atoms with E-state index in [0.717, 1.165) is 6.42 Å². The van der Waals surface area contributed by atoms with Crippen molar-refractivity contribution in [3.8, 4) is 0 Å². The topological polar surface area (TPSA) is 26.0 Å². The van der Waals surface area contributed by atoms with Gasteiger partial charge in [0.1, 0.15) is 0 Å². The minimum absolute atomic E-state index is 0. The van der Waals surface area contributed by atoms with E-state index in [9.17, 15) is 0 Å². The van der Waals surface area contributed by atoms with Crippen LogP contribution in [0.1, 0.15) is 5.56 Å². The Labute approximate surface area is 86.9 Å². The van der Waals surface area contributed by atoms with Crippen LogP contribution in [0.25, 0.3) is 0 Å². The predicted molar refractivity (Wildman–Crippen MR) is 38.0 cm³/mol. The van der Waals surface area contributed by atoms with Gasteiger partial charge in [0.25, 0.3) is 0 Å². The summed E-state index contributed by atoms with van der Waals surface area (Å²) in [6, 6.07) is 11.0. The molecule has 0 aliphatic carbocycles. The van der Waals surface area contributed by atoms with Crippen LogP contribution in [-0.4, -0.2) is 6.54 Å². The fraction of sp³-hybridized carbons (Fsp3) is 0.250. The minimum atomic E-state index is 0. The van der Waals surface area contributed by atoms with Crippen LogP contribution >= 0.6 is 0 Å². The normalized spacial score (nSPS) is 8.50. The van der Waals surface area contributed by atoms with Crippen molar-refractivity contribution in [1.82, 2.24) is 0 Å². The summed E-state index contributed by atoms with van der Waals surface area (Å²) in [6.45, 7) is 0.709. The Morgan fingerprint density at radius 3 is 2.70 bits per heavy atom. The van der Waals surface area contributed by atoms with Crippen LogP contribution in [0.2, 0.25) is 0 Å². The van der Waals surface area contributed by atoms with E-state index in [4.69, 9.17) is 5.73 Å². The molecule has 1 aromatic rings. The van der Waals surface area contributed by atoms with E-state index in [1.54, 1.807) is 0 Å². The molecule has 0 fully saturated rings. The quantitative estimate of drug-likeness (QED) is 0.722. The van der Waals surface area contributed by atoms with Crippen LogP contribution < -0.4 is 5.73 Å². The van der Waals surface area contributed by atoms with Gasteiger partial charge in [0, 0.05) is 32.7 Å². The molecule has 1 rings (SSSR count). The van der Waals surface area contributed by atoms with Crippen molar-refractivity contribution in [2.24, 2.45) is 5.73 Å². The van der Waals surface area contributed by atoms with Gasteiger partial charge in [0.2, 0.25) is 0 Å². The molecule has 0 aliphatic rings. The number of rotatable bonds is 2. The summed E-state index contributed by atoms with van der Waals surface area (Å²) >= 11 is 0. The second kappa shape index (κ2) is 6.02. The zero-order valence-corrected chi connectivity index (χ0v) is 8.72. The molecule has 0 atom stereocenters. The van der Waals surface area contributed by atoms with E-state index in [0.29, 0.717) is 6.54 Å². The maximum Gasteiger partial charge on any atom is 0 e. The van der Waals surface area contributed by atoms with E-state index in [1.807, 2.05) is 24.3 Å². The Kier molecular flexibility index (Phi) is 6.20. The van der Waals surface area contributed by atoms with Crippen molar-refractivity contribution in [2.45, 2.75) is 6.42 Å². The molecule has 0 saturated heterocycles. The zero-order chi connectivity index (χ0) is 6.53. The molecule has 1 radical (unpaired) electrons. The van der Waals surface area contributed by atoms with Gasteiger partial charge in [-0.1, -0.05) is 0 Å². The SMILES string of the molecule is NCCc1[c-]cccc1.[Y]. The van der Waals surface area contributed by atoms with Gasteiger partial charge >= 0.3 is 0 Å². The molecule has 0 heterocycles. The van der Waals surface area contributed by atoms with Crippen molar-refractivity contribution in [3.05, 3.63) is 35.9 Å². The standard InChI is InChI=1S/C8H10N.Y/c9-7-6-8-4-2-1-3-5-8;/h1-4H,6-7,9H2;/q-1;. The van der Waals surface area contributed by atoms with Crippen LogP contribution in [0, 0.1) is 6.07 Å². The average molecular weight is 209 g/mol. The number of nitrogens with two attached hydrogens (primary N) is 1. The first-order valence-corrected chi connectivity index (χ1v) is 3.09. The Morgan fingerprint density at radius 2 is 2.20 bits per heavy atom. The molecule has 2 heteroatoms. The molecular formula is C8H10NY-. The molecule has 10 heavy (non-hydrogen) atoms. The predicted octanol–water partition coefficient (Wildman–Crippen LogP) is 0.985. The van der Waals surface area contributed by atoms with Crippen molar-refractivity contribution in [3.63, 3.8) is 0 Å². The maximum absolute atomic E-state index is 5.34. The number of benzene rings is 1. The third-order valence-electron chi connectivity index (χ3n) is 1.19. The first kappa shape index (κ1) is 10.3. The molecule has 1 aromatic carbocycles. The van der Waals surface area contributed by atoms with Crippen molar-refractivity contribution >= 4 is 0 Å². The zero-order valence-electron chi connectivity index (χ0n) is 5.88. The smallest absolute Gasteiger partial charge is 0 e. The van der Waals surface area contributed by atoms with Gasteiger partial charge in [-0.2, -0.15) is 35.9 Å².